The standard InChI is InChI=1S/C92H171NO8/c1-6-8-10-12-14-16-18-20-22-24-26-28-30-32-34-36-38-40-42-44-45-47-48-50-52-54-56-58-60-62-64-66-68-70-72-74-76-78-80-82-89(94)99-86-88(87-100-92(91(96)97)98-85-84-93(3,4)5)101-90(95)83-81-79-77-75-73-71-69-67-65-63-61-59-57-55-53-51-49-46-43-41-39-37-35-33-31-29-27-25-23-21-19-17-15-13-11-9-7-2/h9,11,15,17,21,23,27,29,33,35,88,92H,6-8,10,12-14,16,18-20,22,24-26,28,30-32,34,36-87H2,1-5H3/p+1/b11-9-,17-15-,23-21-,29-27-,35-33-. The van der Waals surface area contributed by atoms with Crippen LogP contribution in [0.2, 0.25) is 0 Å². The first kappa shape index (κ1) is 98.0. The summed E-state index contributed by atoms with van der Waals surface area (Å²) < 4.78 is 23.1. The number of unbranched alkanes of at least 4 members (excludes halogenated alkanes) is 59. The molecule has 0 aliphatic rings. The number of rotatable bonds is 84. The van der Waals surface area contributed by atoms with Crippen LogP contribution in [0.4, 0.5) is 0 Å². The van der Waals surface area contributed by atoms with Crippen LogP contribution in [0, 0.1) is 0 Å². The van der Waals surface area contributed by atoms with Crippen LogP contribution in [0.1, 0.15) is 450 Å². The normalized spacial score (nSPS) is 12.8. The lowest BCUT2D eigenvalue weighted by Crippen LogP contribution is -2.40. The van der Waals surface area contributed by atoms with Gasteiger partial charge in [0.2, 0.25) is 0 Å². The first-order valence-electron chi connectivity index (χ1n) is 44.5. The van der Waals surface area contributed by atoms with Gasteiger partial charge in [-0.3, -0.25) is 9.59 Å². The molecular weight excluding hydrogens is 1250 g/mol. The third-order valence-corrected chi connectivity index (χ3v) is 20.3. The summed E-state index contributed by atoms with van der Waals surface area (Å²) >= 11 is 0. The summed E-state index contributed by atoms with van der Waals surface area (Å²) in [6.07, 6.45) is 109. The average molecular weight is 1420 g/mol. The summed E-state index contributed by atoms with van der Waals surface area (Å²) in [6.45, 7) is 4.85. The monoisotopic (exact) mass is 1420 g/mol. The molecule has 0 rings (SSSR count). The molecule has 9 nitrogen and oxygen atoms in total. The molecule has 0 aromatic carbocycles. The largest absolute Gasteiger partial charge is 0.477 e. The number of carbonyl (C=O) groups excluding carboxylic acids is 2. The molecule has 101 heavy (non-hydrogen) atoms. The Morgan fingerprint density at radius 1 is 0.307 bits per heavy atom. The molecule has 0 bridgehead atoms. The zero-order valence-electron chi connectivity index (χ0n) is 68.1. The number of aliphatic carboxylic acids is 1. The lowest BCUT2D eigenvalue weighted by Gasteiger charge is -2.25. The number of ether oxygens (including phenoxy) is 4. The summed E-state index contributed by atoms with van der Waals surface area (Å²) in [4.78, 5) is 37.8. The fraction of sp³-hybridized carbons (Fsp3) is 0.859. The van der Waals surface area contributed by atoms with Gasteiger partial charge in [0.15, 0.2) is 6.10 Å². The van der Waals surface area contributed by atoms with Crippen LogP contribution in [-0.4, -0.2) is 87.4 Å². The molecule has 0 aromatic rings. The summed E-state index contributed by atoms with van der Waals surface area (Å²) in [6, 6.07) is 0. The van der Waals surface area contributed by atoms with Gasteiger partial charge in [0.1, 0.15) is 13.2 Å². The fourth-order valence-corrected chi connectivity index (χ4v) is 13.6. The van der Waals surface area contributed by atoms with Crippen LogP contribution < -0.4 is 0 Å². The molecule has 0 radical (unpaired) electrons. The van der Waals surface area contributed by atoms with Crippen molar-refractivity contribution in [1.29, 1.82) is 0 Å². The third kappa shape index (κ3) is 84.1. The number of carbonyl (C=O) groups is 3. The Bertz CT molecular complexity index is 1850. The van der Waals surface area contributed by atoms with E-state index in [1.807, 2.05) is 21.1 Å². The van der Waals surface area contributed by atoms with E-state index in [0.717, 1.165) is 70.6 Å². The van der Waals surface area contributed by atoms with Crippen LogP contribution in [0.25, 0.3) is 0 Å². The van der Waals surface area contributed by atoms with Crippen LogP contribution >= 0.6 is 0 Å². The molecule has 0 aromatic heterocycles. The average Bonchev–Trinajstić information content (AvgIpc) is 1.25. The topological polar surface area (TPSA) is 108 Å². The minimum absolute atomic E-state index is 0.176. The van der Waals surface area contributed by atoms with E-state index in [0.29, 0.717) is 17.4 Å². The van der Waals surface area contributed by atoms with E-state index in [4.69, 9.17) is 18.9 Å². The van der Waals surface area contributed by atoms with Gasteiger partial charge in [-0.25, -0.2) is 4.79 Å². The zero-order valence-corrected chi connectivity index (χ0v) is 68.1. The van der Waals surface area contributed by atoms with Gasteiger partial charge in [-0.1, -0.05) is 441 Å². The van der Waals surface area contributed by atoms with Crippen LogP contribution in [0.15, 0.2) is 60.8 Å². The van der Waals surface area contributed by atoms with Crippen molar-refractivity contribution in [2.75, 3.05) is 47.5 Å². The molecule has 0 amide bonds. The number of carboxylic acids is 1. The second kappa shape index (κ2) is 82.6. The van der Waals surface area contributed by atoms with Gasteiger partial charge >= 0.3 is 17.9 Å². The molecular formula is C92H172NO8+. The van der Waals surface area contributed by atoms with Crippen molar-refractivity contribution in [1.82, 2.24) is 0 Å². The van der Waals surface area contributed by atoms with Crippen molar-refractivity contribution in [3.63, 3.8) is 0 Å². The number of nitrogens with zero attached hydrogens (tertiary/aromatic N) is 1. The second-order valence-electron chi connectivity index (χ2n) is 31.5. The van der Waals surface area contributed by atoms with E-state index in [-0.39, 0.29) is 38.2 Å². The van der Waals surface area contributed by atoms with Crippen LogP contribution in [0.3, 0.4) is 0 Å². The maximum Gasteiger partial charge on any atom is 0.361 e. The van der Waals surface area contributed by atoms with Crippen LogP contribution in [-0.2, 0) is 33.3 Å². The zero-order chi connectivity index (χ0) is 73.2. The highest BCUT2D eigenvalue weighted by molar-refractivity contribution is 5.71. The van der Waals surface area contributed by atoms with Gasteiger partial charge in [-0.05, 0) is 57.8 Å². The van der Waals surface area contributed by atoms with Crippen molar-refractivity contribution < 1.29 is 42.9 Å². The molecule has 0 heterocycles. The summed E-state index contributed by atoms with van der Waals surface area (Å²) in [5, 5.41) is 9.79. The van der Waals surface area contributed by atoms with Crippen molar-refractivity contribution >= 4 is 17.9 Å². The number of hydrogen-bond acceptors (Lipinski definition) is 7. The molecule has 0 aliphatic heterocycles. The van der Waals surface area contributed by atoms with E-state index < -0.39 is 18.4 Å². The maximum absolute atomic E-state index is 13.0. The highest BCUT2D eigenvalue weighted by atomic mass is 16.7. The second-order valence-corrected chi connectivity index (χ2v) is 31.5. The molecule has 1 N–H and O–H groups in total. The molecule has 0 saturated carbocycles. The Morgan fingerprint density at radius 2 is 0.564 bits per heavy atom. The van der Waals surface area contributed by atoms with Gasteiger partial charge in [-0.2, -0.15) is 0 Å². The highest BCUT2D eigenvalue weighted by Crippen LogP contribution is 2.21. The van der Waals surface area contributed by atoms with Gasteiger partial charge in [0.05, 0.1) is 34.4 Å². The number of likely N-dealkylation sites (N-methyl/N-ethyl adjacent to an activating group) is 1. The van der Waals surface area contributed by atoms with Gasteiger partial charge in [-0.15, -0.1) is 0 Å². The molecule has 0 spiro atoms. The van der Waals surface area contributed by atoms with Crippen molar-refractivity contribution in [3.8, 4) is 0 Å². The van der Waals surface area contributed by atoms with Gasteiger partial charge < -0.3 is 28.5 Å². The Hall–Kier alpha value is -3.01. The first-order valence-corrected chi connectivity index (χ1v) is 44.5. The van der Waals surface area contributed by atoms with E-state index in [1.165, 1.54) is 353 Å². The lowest BCUT2D eigenvalue weighted by atomic mass is 10.0. The summed E-state index contributed by atoms with van der Waals surface area (Å²) in [7, 11) is 6.00. The first-order chi connectivity index (χ1) is 49.6. The quantitative estimate of drug-likeness (QED) is 0.0211. The molecule has 2 atom stereocenters. The Kier molecular flexibility index (Phi) is 80.2. The van der Waals surface area contributed by atoms with Gasteiger partial charge in [0, 0.05) is 12.8 Å². The predicted octanol–water partition coefficient (Wildman–Crippen LogP) is 28.9. The van der Waals surface area contributed by atoms with E-state index in [2.05, 4.69) is 74.6 Å². The molecule has 9 heteroatoms. The van der Waals surface area contributed by atoms with Crippen molar-refractivity contribution in [3.05, 3.63) is 60.8 Å². The maximum atomic E-state index is 13.0. The minimum atomic E-state index is -1.51. The molecule has 0 fully saturated rings. The van der Waals surface area contributed by atoms with E-state index in [1.54, 1.807) is 0 Å². The molecule has 0 saturated heterocycles. The molecule has 592 valence electrons. The number of carboxylic acid groups (broad SMARTS) is 1. The summed E-state index contributed by atoms with van der Waals surface area (Å²) in [5.41, 5.74) is 0. The number of quaternary nitrogens is 1. The smallest absolute Gasteiger partial charge is 0.361 e. The number of esters is 2. The van der Waals surface area contributed by atoms with Gasteiger partial charge in [0.25, 0.3) is 6.29 Å². The summed E-state index contributed by atoms with van der Waals surface area (Å²) in [5.74, 6) is -1.97. The Morgan fingerprint density at radius 3 is 0.842 bits per heavy atom. The van der Waals surface area contributed by atoms with E-state index in [9.17, 15) is 19.5 Å². The Labute approximate surface area is 628 Å². The fourth-order valence-electron chi connectivity index (χ4n) is 13.6. The minimum Gasteiger partial charge on any atom is -0.477 e. The number of allylic oxidation sites excluding steroid dienone is 10. The van der Waals surface area contributed by atoms with Crippen molar-refractivity contribution in [2.24, 2.45) is 0 Å². The highest BCUT2D eigenvalue weighted by Gasteiger charge is 2.25. The predicted molar refractivity (Wildman–Crippen MR) is 438 cm³/mol. The van der Waals surface area contributed by atoms with Crippen LogP contribution in [0.5, 0.6) is 0 Å². The lowest BCUT2D eigenvalue weighted by molar-refractivity contribution is -0.870. The third-order valence-electron chi connectivity index (χ3n) is 20.3. The van der Waals surface area contributed by atoms with Crippen molar-refractivity contribution in [2.45, 2.75) is 463 Å². The molecule has 0 aliphatic carbocycles. The Balaban J connectivity index is 3.90. The number of hydrogen-bond donors (Lipinski definition) is 1. The molecule has 2 unspecified atom stereocenters. The SMILES string of the molecule is CC/C=C\C/C=C\C/C=C\C/C=C\C/C=C\CCCCCCCCCCCCCCCCCCCCCCCC(=O)OC(COC(=O)CCCCCCCCCCCCCCCCCCCCCCCCCCCCCCCCCCCCCCCCC)COC(OCC[N+](C)(C)C)C(=O)O. The van der Waals surface area contributed by atoms with E-state index >= 15 is 0 Å².